The predicted octanol–water partition coefficient (Wildman–Crippen LogP) is 5.24. The molecule has 0 radical (unpaired) electrons. The molecule has 1 aromatic rings. The van der Waals surface area contributed by atoms with E-state index in [4.69, 9.17) is 35.3 Å². The van der Waals surface area contributed by atoms with Gasteiger partial charge in [-0.05, 0) is 44.9 Å². The van der Waals surface area contributed by atoms with Crippen LogP contribution in [-0.4, -0.2) is 99.2 Å². The van der Waals surface area contributed by atoms with Crippen molar-refractivity contribution < 1.29 is 42.9 Å². The van der Waals surface area contributed by atoms with Crippen molar-refractivity contribution in [1.82, 2.24) is 10.2 Å². The topological polar surface area (TPSA) is 136 Å². The summed E-state index contributed by atoms with van der Waals surface area (Å²) in [5.41, 5.74) is 0.468. The Morgan fingerprint density at radius 1 is 1.20 bits per heavy atom. The van der Waals surface area contributed by atoms with Crippen LogP contribution in [0.1, 0.15) is 66.9 Å². The molecular formula is C37H52ClN3O9. The number of hydrogen-bond donors (Lipinski definition) is 1. The number of halogens is 1. The number of benzene rings is 1. The summed E-state index contributed by atoms with van der Waals surface area (Å²) >= 11 is 6.76. The van der Waals surface area contributed by atoms with E-state index >= 15 is 0 Å². The van der Waals surface area contributed by atoms with E-state index in [9.17, 15) is 19.2 Å². The number of fused-ring (bicyclic) bond motifs is 5. The van der Waals surface area contributed by atoms with E-state index in [0.717, 1.165) is 11.1 Å². The normalized spacial score (nSPS) is 31.2. The lowest BCUT2D eigenvalue weighted by Gasteiger charge is -2.36. The zero-order valence-electron chi connectivity index (χ0n) is 31.0. The molecule has 3 aliphatic rings. The smallest absolute Gasteiger partial charge is 0.407 e. The molecule has 8 atom stereocenters. The van der Waals surface area contributed by atoms with Crippen molar-refractivity contribution >= 4 is 41.2 Å². The highest BCUT2D eigenvalue weighted by molar-refractivity contribution is 6.35. The number of carbonyl (C=O) groups excluding carboxylic acids is 4. The second-order valence-corrected chi connectivity index (χ2v) is 15.2. The number of nitrogens with zero attached hydrogens (tertiary/aromatic N) is 2. The third-order valence-electron chi connectivity index (χ3n) is 10.0. The Bertz CT molecular complexity index is 1540. The fourth-order valence-electron chi connectivity index (χ4n) is 6.65. The molecule has 0 aliphatic carbocycles. The summed E-state index contributed by atoms with van der Waals surface area (Å²) in [7, 11) is 6.25. The summed E-state index contributed by atoms with van der Waals surface area (Å²) in [4.78, 5) is 56.3. The highest BCUT2D eigenvalue weighted by Crippen LogP contribution is 2.49. The van der Waals surface area contributed by atoms with Gasteiger partial charge in [-0.15, -0.1) is 0 Å². The molecule has 13 heteroatoms. The molecule has 0 aromatic heterocycles. The molecule has 276 valence electrons. The van der Waals surface area contributed by atoms with Gasteiger partial charge < -0.3 is 38.8 Å². The Labute approximate surface area is 300 Å². The lowest BCUT2D eigenvalue weighted by Crippen LogP contribution is -2.53. The number of epoxide rings is 1. The number of anilines is 1. The average Bonchev–Trinajstić information content (AvgIpc) is 3.76. The van der Waals surface area contributed by atoms with Gasteiger partial charge in [0.05, 0.1) is 37.5 Å². The summed E-state index contributed by atoms with van der Waals surface area (Å²) in [5.74, 6) is -1.24. The van der Waals surface area contributed by atoms with Crippen LogP contribution in [0.2, 0.25) is 5.02 Å². The van der Waals surface area contributed by atoms with Gasteiger partial charge in [-0.25, -0.2) is 9.59 Å². The third-order valence-corrected chi connectivity index (χ3v) is 10.4. The lowest BCUT2D eigenvalue weighted by atomic mass is 9.84. The number of amides is 3. The van der Waals surface area contributed by atoms with E-state index in [1.165, 1.54) is 16.9 Å². The Morgan fingerprint density at radius 3 is 2.50 bits per heavy atom. The minimum atomic E-state index is -1.11. The number of likely N-dealkylation sites (N-methyl/N-ethyl adjacent to an activating group) is 1. The summed E-state index contributed by atoms with van der Waals surface area (Å²) in [6, 6.07) is 2.34. The molecule has 0 spiro atoms. The van der Waals surface area contributed by atoms with Gasteiger partial charge in [-0.3, -0.25) is 9.59 Å². The van der Waals surface area contributed by atoms with Crippen LogP contribution in [0.25, 0.3) is 0 Å². The molecule has 2 saturated heterocycles. The first kappa shape index (κ1) is 39.2. The molecule has 1 aromatic carbocycles. The summed E-state index contributed by atoms with van der Waals surface area (Å²) in [6.45, 7) is 12.6. The Balaban J connectivity index is 1.76. The Kier molecular flexibility index (Phi) is 12.0. The largest absolute Gasteiger partial charge is 0.495 e. The van der Waals surface area contributed by atoms with Crippen molar-refractivity contribution in [3.8, 4) is 5.75 Å². The maximum Gasteiger partial charge on any atom is 0.407 e. The maximum atomic E-state index is 14.1. The highest BCUT2D eigenvalue weighted by atomic mass is 35.5. The van der Waals surface area contributed by atoms with Gasteiger partial charge in [0.25, 0.3) is 0 Å². The van der Waals surface area contributed by atoms with Gasteiger partial charge in [0, 0.05) is 39.0 Å². The number of esters is 1. The molecule has 3 aliphatic heterocycles. The number of methoxy groups -OCH3 is 2. The molecule has 3 heterocycles. The Hall–Kier alpha value is -3.61. The van der Waals surface area contributed by atoms with Crippen molar-refractivity contribution in [2.75, 3.05) is 33.2 Å². The second kappa shape index (κ2) is 15.3. The van der Waals surface area contributed by atoms with E-state index in [2.05, 4.69) is 5.32 Å². The highest BCUT2D eigenvalue weighted by Gasteiger charge is 2.64. The third kappa shape index (κ3) is 8.46. The number of carbonyl (C=O) groups is 4. The molecule has 4 bridgehead atoms. The van der Waals surface area contributed by atoms with Gasteiger partial charge in [-0.2, -0.15) is 0 Å². The van der Waals surface area contributed by atoms with Crippen LogP contribution in [0.5, 0.6) is 5.75 Å². The first-order valence-electron chi connectivity index (χ1n) is 16.9. The van der Waals surface area contributed by atoms with Gasteiger partial charge in [0.15, 0.2) is 0 Å². The van der Waals surface area contributed by atoms with Crippen LogP contribution in [0, 0.1) is 11.3 Å². The number of alkyl carbamates (subject to hydrolysis) is 1. The van der Waals surface area contributed by atoms with Crippen LogP contribution >= 0.6 is 11.6 Å². The van der Waals surface area contributed by atoms with Crippen molar-refractivity contribution in [2.45, 2.75) is 110 Å². The van der Waals surface area contributed by atoms with Crippen LogP contribution in [-0.2, 0) is 39.8 Å². The van der Waals surface area contributed by atoms with E-state index in [1.807, 2.05) is 44.2 Å². The van der Waals surface area contributed by atoms with E-state index in [0.29, 0.717) is 24.3 Å². The molecule has 2 fully saturated rings. The van der Waals surface area contributed by atoms with Gasteiger partial charge in [-0.1, -0.05) is 63.1 Å². The number of allylic oxidation sites excluding steroid dienone is 3. The fraction of sp³-hybridized carbons (Fsp3) is 0.622. The summed E-state index contributed by atoms with van der Waals surface area (Å²) in [6.07, 6.45) is 3.32. The molecule has 50 heavy (non-hydrogen) atoms. The number of nitrogens with one attached hydrogen (secondary N) is 1. The lowest BCUT2D eigenvalue weighted by molar-refractivity contribution is -0.163. The van der Waals surface area contributed by atoms with E-state index < -0.39 is 53.5 Å². The van der Waals surface area contributed by atoms with Crippen LogP contribution in [0.15, 0.2) is 35.9 Å². The van der Waals surface area contributed by atoms with Crippen molar-refractivity contribution in [1.29, 1.82) is 0 Å². The minimum Gasteiger partial charge on any atom is -0.495 e. The number of rotatable bonds is 5. The Morgan fingerprint density at radius 2 is 1.88 bits per heavy atom. The quantitative estimate of drug-likeness (QED) is 0.320. The van der Waals surface area contributed by atoms with Gasteiger partial charge in [0.1, 0.15) is 34.6 Å². The van der Waals surface area contributed by atoms with E-state index in [1.54, 1.807) is 55.8 Å². The predicted molar refractivity (Wildman–Crippen MR) is 189 cm³/mol. The van der Waals surface area contributed by atoms with Gasteiger partial charge in [0.2, 0.25) is 11.8 Å². The summed E-state index contributed by atoms with van der Waals surface area (Å²) in [5, 5.41) is 3.14. The first-order valence-corrected chi connectivity index (χ1v) is 17.3. The van der Waals surface area contributed by atoms with Crippen LogP contribution in [0.3, 0.4) is 0 Å². The zero-order valence-corrected chi connectivity index (χ0v) is 31.8. The number of hydrogen-bond acceptors (Lipinski definition) is 9. The average molecular weight is 718 g/mol. The zero-order chi connectivity index (χ0) is 37.3. The van der Waals surface area contributed by atoms with Crippen LogP contribution < -0.4 is 15.0 Å². The SMILES string of the molecule is COc1cc2cc(c1Cl)N(C)C(=O)C[C@H](OC(=O)[C@H](C)N(C)C(=O)C(C)(C)C)[C@]1(C)O[C@H]1[C@H](C)[C@@H]1CC(NC(=O)O1)[C@H](OC)/C=C/C=C(\C)C2. The van der Waals surface area contributed by atoms with E-state index in [-0.39, 0.29) is 35.2 Å². The fourth-order valence-corrected chi connectivity index (χ4v) is 6.97. The molecule has 4 rings (SSSR count). The standard InChI is InChI=1S/C37H52ClN3O9/c1-20-13-12-14-26(46-10)24-18-27(48-35(45)39-24)21(2)32-37(7,50-32)29(49-33(43)22(3)40(8)34(44)36(4,5)6)19-30(42)41(9)25-16-23(15-20)17-28(47-11)31(25)38/h12-14,16-17,21-22,24,26-27,29,32H,15,18-19H2,1-11H3,(H,39,45)/b14-12+,20-13+/t21-,22+,24?,26-,27+,29+,32+,37+/m1/s1. The van der Waals surface area contributed by atoms with Crippen LogP contribution in [0.4, 0.5) is 10.5 Å². The molecule has 12 nitrogen and oxygen atoms in total. The first-order chi connectivity index (χ1) is 23.3. The summed E-state index contributed by atoms with van der Waals surface area (Å²) < 4.78 is 29.5. The van der Waals surface area contributed by atoms with Gasteiger partial charge >= 0.3 is 12.1 Å². The minimum absolute atomic E-state index is 0.237. The molecule has 0 saturated carbocycles. The van der Waals surface area contributed by atoms with Crippen molar-refractivity contribution in [3.05, 3.63) is 46.5 Å². The molecular weight excluding hydrogens is 666 g/mol. The van der Waals surface area contributed by atoms with Crippen molar-refractivity contribution in [3.63, 3.8) is 0 Å². The molecule has 1 unspecified atom stereocenters. The number of ether oxygens (including phenoxy) is 5. The maximum absolute atomic E-state index is 14.1. The second-order valence-electron chi connectivity index (χ2n) is 14.8. The molecule has 1 N–H and O–H groups in total. The molecule has 3 amide bonds. The van der Waals surface area contributed by atoms with Crippen molar-refractivity contribution in [2.24, 2.45) is 11.3 Å². The monoisotopic (exact) mass is 717 g/mol.